The molecule has 0 saturated carbocycles. The second-order valence-electron chi connectivity index (χ2n) is 4.29. The van der Waals surface area contributed by atoms with Crippen molar-refractivity contribution in [3.05, 3.63) is 50.1 Å². The number of benzene rings is 1. The predicted octanol–water partition coefficient (Wildman–Crippen LogP) is 4.21. The van der Waals surface area contributed by atoms with E-state index in [2.05, 4.69) is 32.9 Å². The summed E-state index contributed by atoms with van der Waals surface area (Å²) in [6.07, 6.45) is 0.900. The van der Waals surface area contributed by atoms with Crippen LogP contribution in [0.15, 0.2) is 36.4 Å². The van der Waals surface area contributed by atoms with Gasteiger partial charge in [0.1, 0.15) is 11.6 Å². The second kappa shape index (κ2) is 7.21. The molecule has 0 bridgehead atoms. The van der Waals surface area contributed by atoms with Gasteiger partial charge in [0, 0.05) is 10.1 Å². The number of hydrogen-bond acceptors (Lipinski definition) is 5. The van der Waals surface area contributed by atoms with Gasteiger partial charge in [0.2, 0.25) is 5.88 Å². The lowest BCUT2D eigenvalue weighted by Gasteiger charge is -2.08. The third kappa shape index (κ3) is 4.55. The van der Waals surface area contributed by atoms with Crippen LogP contribution in [0.25, 0.3) is 0 Å². The van der Waals surface area contributed by atoms with E-state index in [1.54, 1.807) is 6.07 Å². The highest BCUT2D eigenvalue weighted by atomic mass is 127. The Morgan fingerprint density at radius 2 is 2.19 bits per heavy atom. The van der Waals surface area contributed by atoms with Gasteiger partial charge in [-0.05, 0) is 47.2 Å². The molecule has 0 spiro atoms. The Morgan fingerprint density at radius 3 is 2.86 bits per heavy atom. The van der Waals surface area contributed by atoms with Gasteiger partial charge in [0.25, 0.3) is 5.69 Å². The van der Waals surface area contributed by atoms with E-state index in [1.165, 1.54) is 12.1 Å². The average Bonchev–Trinajstić information content (AvgIpc) is 2.45. The Hall–Kier alpha value is -1.90. The molecule has 110 valence electrons. The van der Waals surface area contributed by atoms with Gasteiger partial charge in [0.15, 0.2) is 0 Å². The molecule has 21 heavy (non-hydrogen) atoms. The van der Waals surface area contributed by atoms with Crippen molar-refractivity contribution in [3.8, 4) is 11.6 Å². The van der Waals surface area contributed by atoms with Crippen LogP contribution >= 0.6 is 22.6 Å². The number of nitro groups is 1. The van der Waals surface area contributed by atoms with Gasteiger partial charge in [0.05, 0.1) is 17.1 Å². The van der Waals surface area contributed by atoms with Crippen molar-refractivity contribution in [2.24, 2.45) is 0 Å². The molecule has 2 rings (SSSR count). The lowest BCUT2D eigenvalue weighted by Crippen LogP contribution is -2.03. The van der Waals surface area contributed by atoms with Crippen molar-refractivity contribution in [2.45, 2.75) is 13.3 Å². The molecule has 6 nitrogen and oxygen atoms in total. The van der Waals surface area contributed by atoms with E-state index < -0.39 is 4.92 Å². The van der Waals surface area contributed by atoms with Crippen LogP contribution in [0.5, 0.6) is 11.6 Å². The smallest absolute Gasteiger partial charge is 0.278 e. The average molecular weight is 399 g/mol. The van der Waals surface area contributed by atoms with Gasteiger partial charge >= 0.3 is 0 Å². The summed E-state index contributed by atoms with van der Waals surface area (Å²) in [4.78, 5) is 14.8. The fraction of sp³-hybridized carbons (Fsp3) is 0.214. The van der Waals surface area contributed by atoms with Crippen LogP contribution in [0, 0.1) is 13.7 Å². The van der Waals surface area contributed by atoms with Crippen molar-refractivity contribution in [2.75, 3.05) is 11.9 Å². The van der Waals surface area contributed by atoms with E-state index >= 15 is 0 Å². The second-order valence-corrected chi connectivity index (χ2v) is 5.54. The number of hydrogen-bond donors (Lipinski definition) is 1. The molecule has 1 N–H and O–H groups in total. The lowest BCUT2D eigenvalue weighted by atomic mass is 10.3. The van der Waals surface area contributed by atoms with E-state index in [-0.39, 0.29) is 11.6 Å². The molecule has 0 radical (unpaired) electrons. The summed E-state index contributed by atoms with van der Waals surface area (Å²) in [6.45, 7) is 2.70. The van der Waals surface area contributed by atoms with E-state index in [9.17, 15) is 10.1 Å². The van der Waals surface area contributed by atoms with Gasteiger partial charge in [-0.1, -0.05) is 13.0 Å². The highest BCUT2D eigenvalue weighted by Crippen LogP contribution is 2.27. The normalized spacial score (nSPS) is 10.2. The Kier molecular flexibility index (Phi) is 5.32. The van der Waals surface area contributed by atoms with Gasteiger partial charge in [-0.2, -0.15) is 4.98 Å². The van der Waals surface area contributed by atoms with Crippen molar-refractivity contribution < 1.29 is 9.66 Å². The maximum Gasteiger partial charge on any atom is 0.278 e. The number of nitrogens with one attached hydrogen (secondary N) is 1. The molecular formula is C14H14IN3O3. The molecule has 2 aromatic rings. The highest BCUT2D eigenvalue weighted by molar-refractivity contribution is 14.1. The maximum absolute atomic E-state index is 11.0. The first kappa shape index (κ1) is 15.5. The number of nitrogens with zero attached hydrogens (tertiary/aromatic N) is 2. The number of pyridine rings is 1. The summed E-state index contributed by atoms with van der Waals surface area (Å²) in [7, 11) is 0. The number of ether oxygens (including phenoxy) is 1. The molecule has 0 aliphatic carbocycles. The zero-order valence-corrected chi connectivity index (χ0v) is 13.5. The Labute approximate surface area is 135 Å². The number of anilines is 1. The third-order valence-electron chi connectivity index (χ3n) is 2.57. The van der Waals surface area contributed by atoms with Gasteiger partial charge in [-0.25, -0.2) is 0 Å². The van der Waals surface area contributed by atoms with Crippen molar-refractivity contribution >= 4 is 34.1 Å². The fourth-order valence-corrected chi connectivity index (χ4v) is 2.16. The van der Waals surface area contributed by atoms with Crippen LogP contribution in [0.1, 0.15) is 13.3 Å². The number of rotatable bonds is 6. The predicted molar refractivity (Wildman–Crippen MR) is 88.9 cm³/mol. The van der Waals surface area contributed by atoms with Gasteiger partial charge < -0.3 is 10.1 Å². The van der Waals surface area contributed by atoms with E-state index in [0.717, 1.165) is 9.99 Å². The third-order valence-corrected chi connectivity index (χ3v) is 3.24. The fourth-order valence-electron chi connectivity index (χ4n) is 1.64. The van der Waals surface area contributed by atoms with Crippen LogP contribution < -0.4 is 10.1 Å². The quantitative estimate of drug-likeness (QED) is 0.448. The van der Waals surface area contributed by atoms with Crippen LogP contribution in [0.3, 0.4) is 0 Å². The SMILES string of the molecule is CCCNc1cc([N+](=O)[O-])cc(Oc2cccc(I)c2)n1. The Morgan fingerprint density at radius 1 is 1.38 bits per heavy atom. The first-order valence-electron chi connectivity index (χ1n) is 6.42. The van der Waals surface area contributed by atoms with Crippen molar-refractivity contribution in [1.82, 2.24) is 4.98 Å². The molecule has 0 saturated heterocycles. The standard InChI is InChI=1S/C14H14IN3O3/c1-2-6-16-13-8-11(18(19)20)9-14(17-13)21-12-5-3-4-10(15)7-12/h3-5,7-9H,2,6H2,1H3,(H,16,17). The van der Waals surface area contributed by atoms with E-state index in [0.29, 0.717) is 18.1 Å². The van der Waals surface area contributed by atoms with Crippen molar-refractivity contribution in [3.63, 3.8) is 0 Å². The molecule has 0 aliphatic rings. The zero-order chi connectivity index (χ0) is 15.2. The zero-order valence-electron chi connectivity index (χ0n) is 11.4. The topological polar surface area (TPSA) is 77.3 Å². The molecule has 0 unspecified atom stereocenters. The first-order chi connectivity index (χ1) is 10.1. The molecular weight excluding hydrogens is 385 g/mol. The number of aromatic nitrogens is 1. The first-order valence-corrected chi connectivity index (χ1v) is 7.50. The van der Waals surface area contributed by atoms with Gasteiger partial charge in [-0.3, -0.25) is 10.1 Å². The van der Waals surface area contributed by atoms with E-state index in [4.69, 9.17) is 4.74 Å². The highest BCUT2D eigenvalue weighted by Gasteiger charge is 2.12. The molecule has 0 aliphatic heterocycles. The molecule has 1 aromatic heterocycles. The van der Waals surface area contributed by atoms with E-state index in [1.807, 2.05) is 25.1 Å². The molecule has 0 fully saturated rings. The minimum Gasteiger partial charge on any atom is -0.439 e. The summed E-state index contributed by atoms with van der Waals surface area (Å²) in [6, 6.07) is 10.1. The number of halogens is 1. The van der Waals surface area contributed by atoms with Crippen molar-refractivity contribution in [1.29, 1.82) is 0 Å². The molecule has 1 aromatic carbocycles. The Bertz CT molecular complexity index is 649. The molecule has 1 heterocycles. The summed E-state index contributed by atoms with van der Waals surface area (Å²) < 4.78 is 6.62. The summed E-state index contributed by atoms with van der Waals surface area (Å²) >= 11 is 2.17. The maximum atomic E-state index is 11.0. The summed E-state index contributed by atoms with van der Waals surface area (Å²) in [5, 5.41) is 14.0. The largest absolute Gasteiger partial charge is 0.439 e. The monoisotopic (exact) mass is 399 g/mol. The minimum absolute atomic E-state index is 0.0516. The molecule has 0 atom stereocenters. The molecule has 7 heteroatoms. The lowest BCUT2D eigenvalue weighted by molar-refractivity contribution is -0.384. The van der Waals surface area contributed by atoms with Crippen LogP contribution in [-0.4, -0.2) is 16.5 Å². The van der Waals surface area contributed by atoms with Crippen LogP contribution in [0.2, 0.25) is 0 Å². The van der Waals surface area contributed by atoms with Crippen LogP contribution in [-0.2, 0) is 0 Å². The minimum atomic E-state index is -0.458. The van der Waals surface area contributed by atoms with Gasteiger partial charge in [-0.15, -0.1) is 0 Å². The summed E-state index contributed by atoms with van der Waals surface area (Å²) in [5.41, 5.74) is -0.0516. The summed E-state index contributed by atoms with van der Waals surface area (Å²) in [5.74, 6) is 1.23. The van der Waals surface area contributed by atoms with Crippen LogP contribution in [0.4, 0.5) is 11.5 Å². The molecule has 0 amide bonds. The Balaban J connectivity index is 2.28.